The average molecular weight is 225 g/mol. The van der Waals surface area contributed by atoms with Gasteiger partial charge in [-0.05, 0) is 44.4 Å². The third-order valence-corrected chi connectivity index (χ3v) is 4.68. The normalized spacial score (nSPS) is 34.1. The smallest absolute Gasteiger partial charge is 0.0580 e. The number of aliphatic hydroxyl groups excluding tert-OH is 1. The van der Waals surface area contributed by atoms with Crippen LogP contribution in [0.15, 0.2) is 0 Å². The molecule has 0 amide bonds. The Bertz CT molecular complexity index is 201. The summed E-state index contributed by atoms with van der Waals surface area (Å²) in [5, 5.41) is 13.4. The Kier molecular flexibility index (Phi) is 4.66. The zero-order valence-electron chi connectivity index (χ0n) is 10.6. The third-order valence-electron chi connectivity index (χ3n) is 4.68. The second-order valence-corrected chi connectivity index (χ2v) is 5.85. The Morgan fingerprint density at radius 2 is 1.81 bits per heavy atom. The molecule has 2 saturated carbocycles. The van der Waals surface area contributed by atoms with Crippen LogP contribution in [0.4, 0.5) is 0 Å². The van der Waals surface area contributed by atoms with E-state index < -0.39 is 0 Å². The monoisotopic (exact) mass is 225 g/mol. The van der Waals surface area contributed by atoms with Gasteiger partial charge in [0.2, 0.25) is 0 Å². The van der Waals surface area contributed by atoms with Crippen molar-refractivity contribution in [2.24, 2.45) is 11.8 Å². The number of hydrogen-bond donors (Lipinski definition) is 2. The van der Waals surface area contributed by atoms with Crippen LogP contribution in [0.5, 0.6) is 0 Å². The lowest BCUT2D eigenvalue weighted by atomic mass is 9.84. The van der Waals surface area contributed by atoms with Crippen molar-refractivity contribution in [3.8, 4) is 0 Å². The number of aliphatic hydroxyl groups is 1. The minimum absolute atomic E-state index is 0.0361. The first kappa shape index (κ1) is 12.4. The predicted molar refractivity (Wildman–Crippen MR) is 67.4 cm³/mol. The molecule has 0 radical (unpaired) electrons. The molecule has 94 valence electrons. The quantitative estimate of drug-likeness (QED) is 0.771. The number of nitrogens with one attached hydrogen (secondary N) is 1. The van der Waals surface area contributed by atoms with E-state index in [2.05, 4.69) is 12.2 Å². The second-order valence-electron chi connectivity index (χ2n) is 5.85. The van der Waals surface area contributed by atoms with E-state index in [1.54, 1.807) is 0 Å². The van der Waals surface area contributed by atoms with Crippen molar-refractivity contribution in [1.29, 1.82) is 0 Å². The minimum atomic E-state index is -0.0361. The third kappa shape index (κ3) is 3.21. The van der Waals surface area contributed by atoms with Crippen molar-refractivity contribution in [2.75, 3.05) is 6.54 Å². The summed E-state index contributed by atoms with van der Waals surface area (Å²) in [6, 6.07) is 0.646. The van der Waals surface area contributed by atoms with E-state index in [9.17, 15) is 5.11 Å². The van der Waals surface area contributed by atoms with Crippen LogP contribution in [0.3, 0.4) is 0 Å². The predicted octanol–water partition coefficient (Wildman–Crippen LogP) is 2.71. The van der Waals surface area contributed by atoms with Crippen LogP contribution in [-0.4, -0.2) is 23.8 Å². The Morgan fingerprint density at radius 1 is 1.06 bits per heavy atom. The molecule has 0 heterocycles. The summed E-state index contributed by atoms with van der Waals surface area (Å²) in [6.45, 7) is 3.36. The molecule has 0 aliphatic heterocycles. The molecule has 2 aliphatic carbocycles. The summed E-state index contributed by atoms with van der Waals surface area (Å²) in [5.41, 5.74) is 0. The topological polar surface area (TPSA) is 32.3 Å². The first-order chi connectivity index (χ1) is 7.77. The van der Waals surface area contributed by atoms with Crippen LogP contribution in [0.25, 0.3) is 0 Å². The fraction of sp³-hybridized carbons (Fsp3) is 1.00. The molecular weight excluding hydrogens is 198 g/mol. The van der Waals surface area contributed by atoms with Crippen molar-refractivity contribution in [1.82, 2.24) is 5.32 Å². The lowest BCUT2D eigenvalue weighted by Gasteiger charge is -2.29. The standard InChI is InChI=1S/C14H27NO/c1-11(12-6-3-2-4-7-12)15-10-13-8-5-9-14(13)16/h11-16H,2-10H2,1H3. The SMILES string of the molecule is CC(NCC1CCCC1O)C1CCCCC1. The highest BCUT2D eigenvalue weighted by Crippen LogP contribution is 2.28. The van der Waals surface area contributed by atoms with Crippen LogP contribution in [-0.2, 0) is 0 Å². The molecule has 0 aromatic heterocycles. The van der Waals surface area contributed by atoms with Gasteiger partial charge in [0.15, 0.2) is 0 Å². The molecule has 2 N–H and O–H groups in total. The van der Waals surface area contributed by atoms with Gasteiger partial charge in [-0.1, -0.05) is 25.7 Å². The summed E-state index contributed by atoms with van der Waals surface area (Å²) >= 11 is 0. The molecular formula is C14H27NO. The van der Waals surface area contributed by atoms with E-state index >= 15 is 0 Å². The molecule has 2 aliphatic rings. The molecule has 0 aromatic rings. The zero-order chi connectivity index (χ0) is 11.4. The maximum atomic E-state index is 9.77. The lowest BCUT2D eigenvalue weighted by molar-refractivity contribution is 0.127. The van der Waals surface area contributed by atoms with Crippen LogP contribution < -0.4 is 5.32 Å². The van der Waals surface area contributed by atoms with Gasteiger partial charge >= 0.3 is 0 Å². The van der Waals surface area contributed by atoms with Gasteiger partial charge in [-0.25, -0.2) is 0 Å². The van der Waals surface area contributed by atoms with Crippen molar-refractivity contribution >= 4 is 0 Å². The largest absolute Gasteiger partial charge is 0.393 e. The van der Waals surface area contributed by atoms with Crippen LogP contribution in [0, 0.1) is 11.8 Å². The van der Waals surface area contributed by atoms with Gasteiger partial charge in [0.1, 0.15) is 0 Å². The van der Waals surface area contributed by atoms with E-state index in [1.165, 1.54) is 44.9 Å². The van der Waals surface area contributed by atoms with E-state index in [4.69, 9.17) is 0 Å². The molecule has 2 fully saturated rings. The van der Waals surface area contributed by atoms with Gasteiger partial charge < -0.3 is 10.4 Å². The Hall–Kier alpha value is -0.0800. The molecule has 3 atom stereocenters. The van der Waals surface area contributed by atoms with E-state index in [0.717, 1.165) is 18.9 Å². The number of hydrogen-bond acceptors (Lipinski definition) is 2. The van der Waals surface area contributed by atoms with Gasteiger partial charge in [-0.15, -0.1) is 0 Å². The van der Waals surface area contributed by atoms with E-state index in [-0.39, 0.29) is 6.10 Å². The molecule has 16 heavy (non-hydrogen) atoms. The van der Waals surface area contributed by atoms with Gasteiger partial charge in [-0.2, -0.15) is 0 Å². The molecule has 0 spiro atoms. The Morgan fingerprint density at radius 3 is 2.44 bits per heavy atom. The summed E-state index contributed by atoms with van der Waals surface area (Å²) in [5.74, 6) is 1.40. The molecule has 0 saturated heterocycles. The molecule has 0 bridgehead atoms. The first-order valence-electron chi connectivity index (χ1n) is 7.19. The van der Waals surface area contributed by atoms with Crippen molar-refractivity contribution in [3.05, 3.63) is 0 Å². The maximum Gasteiger partial charge on any atom is 0.0580 e. The highest BCUT2D eigenvalue weighted by atomic mass is 16.3. The Labute approximate surface area is 99.8 Å². The lowest BCUT2D eigenvalue weighted by Crippen LogP contribution is -2.39. The zero-order valence-corrected chi connectivity index (χ0v) is 10.6. The first-order valence-corrected chi connectivity index (χ1v) is 7.19. The van der Waals surface area contributed by atoms with Gasteiger partial charge in [0.25, 0.3) is 0 Å². The summed E-state index contributed by atoms with van der Waals surface area (Å²) in [4.78, 5) is 0. The minimum Gasteiger partial charge on any atom is -0.393 e. The van der Waals surface area contributed by atoms with Gasteiger partial charge in [0, 0.05) is 12.6 Å². The fourth-order valence-corrected chi connectivity index (χ4v) is 3.39. The van der Waals surface area contributed by atoms with Crippen molar-refractivity contribution in [3.63, 3.8) is 0 Å². The van der Waals surface area contributed by atoms with Gasteiger partial charge in [0.05, 0.1) is 6.10 Å². The molecule has 2 heteroatoms. The molecule has 2 rings (SSSR count). The highest BCUT2D eigenvalue weighted by molar-refractivity contribution is 4.81. The summed E-state index contributed by atoms with van der Waals surface area (Å²) in [7, 11) is 0. The van der Waals surface area contributed by atoms with Crippen molar-refractivity contribution in [2.45, 2.75) is 70.4 Å². The molecule has 0 aromatic carbocycles. The van der Waals surface area contributed by atoms with Gasteiger partial charge in [-0.3, -0.25) is 0 Å². The maximum absolute atomic E-state index is 9.77. The van der Waals surface area contributed by atoms with E-state index in [0.29, 0.717) is 12.0 Å². The average Bonchev–Trinajstić information content (AvgIpc) is 2.73. The molecule has 3 unspecified atom stereocenters. The second kappa shape index (κ2) is 6.02. The van der Waals surface area contributed by atoms with Crippen molar-refractivity contribution < 1.29 is 5.11 Å². The summed E-state index contributed by atoms with van der Waals surface area (Å²) in [6.07, 6.45) is 10.5. The Balaban J connectivity index is 1.68. The van der Waals surface area contributed by atoms with Crippen LogP contribution >= 0.6 is 0 Å². The highest BCUT2D eigenvalue weighted by Gasteiger charge is 2.26. The van der Waals surface area contributed by atoms with Crippen LogP contribution in [0.1, 0.15) is 58.3 Å². The van der Waals surface area contributed by atoms with E-state index in [1.807, 2.05) is 0 Å². The fourth-order valence-electron chi connectivity index (χ4n) is 3.39. The number of rotatable bonds is 4. The summed E-state index contributed by atoms with van der Waals surface area (Å²) < 4.78 is 0. The van der Waals surface area contributed by atoms with Crippen LogP contribution in [0.2, 0.25) is 0 Å². The molecule has 2 nitrogen and oxygen atoms in total.